The van der Waals surface area contributed by atoms with Gasteiger partial charge in [0.25, 0.3) is 0 Å². The normalized spacial score (nSPS) is 10.2. The molecule has 0 aliphatic heterocycles. The second-order valence-electron chi connectivity index (χ2n) is 4.31. The lowest BCUT2D eigenvalue weighted by Gasteiger charge is -2.09. The van der Waals surface area contributed by atoms with Gasteiger partial charge in [-0.3, -0.25) is 0 Å². The highest BCUT2D eigenvalue weighted by atomic mass is 16.5. The summed E-state index contributed by atoms with van der Waals surface area (Å²) in [5.41, 5.74) is 6.37. The Morgan fingerprint density at radius 3 is 2.75 bits per heavy atom. The van der Waals surface area contributed by atoms with Gasteiger partial charge in [0.2, 0.25) is 5.88 Å². The molecule has 20 heavy (non-hydrogen) atoms. The van der Waals surface area contributed by atoms with Gasteiger partial charge in [-0.1, -0.05) is 36.4 Å². The van der Waals surface area contributed by atoms with Gasteiger partial charge in [-0.05, 0) is 17.5 Å². The van der Waals surface area contributed by atoms with Crippen molar-refractivity contribution < 1.29 is 4.74 Å². The van der Waals surface area contributed by atoms with Gasteiger partial charge in [-0.15, -0.1) is 0 Å². The molecule has 0 unspecified atom stereocenters. The lowest BCUT2D eigenvalue weighted by molar-refractivity contribution is 0.467. The number of benzene rings is 2. The smallest absolute Gasteiger partial charge is 0.237 e. The van der Waals surface area contributed by atoms with Crippen LogP contribution in [0.5, 0.6) is 11.6 Å². The summed E-state index contributed by atoms with van der Waals surface area (Å²) in [5, 5.41) is 11.1. The zero-order valence-electron chi connectivity index (χ0n) is 10.6. The number of nitrogen functional groups attached to an aromatic ring is 1. The number of nitrogens with zero attached hydrogens (tertiary/aromatic N) is 2. The van der Waals surface area contributed by atoms with Crippen molar-refractivity contribution in [1.82, 2.24) is 4.98 Å². The third-order valence-electron chi connectivity index (χ3n) is 2.95. The van der Waals surface area contributed by atoms with Crippen molar-refractivity contribution >= 4 is 16.5 Å². The van der Waals surface area contributed by atoms with Crippen molar-refractivity contribution in [3.05, 3.63) is 60.3 Å². The monoisotopic (exact) mass is 261 g/mol. The summed E-state index contributed by atoms with van der Waals surface area (Å²) in [4.78, 5) is 4.08. The summed E-state index contributed by atoms with van der Waals surface area (Å²) in [6, 6.07) is 17.2. The average molecular weight is 261 g/mol. The summed E-state index contributed by atoms with van der Waals surface area (Å²) in [6.45, 7) is 0. The molecule has 0 aliphatic rings. The zero-order valence-corrected chi connectivity index (χ0v) is 10.6. The molecule has 3 rings (SSSR count). The van der Waals surface area contributed by atoms with E-state index in [2.05, 4.69) is 4.98 Å². The minimum Gasteiger partial charge on any atom is -0.437 e. The van der Waals surface area contributed by atoms with E-state index in [4.69, 9.17) is 15.7 Å². The van der Waals surface area contributed by atoms with E-state index in [0.29, 0.717) is 17.0 Å². The number of pyridine rings is 1. The fraction of sp³-hybridized carbons (Fsp3) is 0. The molecule has 0 atom stereocenters. The van der Waals surface area contributed by atoms with Crippen LogP contribution < -0.4 is 10.5 Å². The van der Waals surface area contributed by atoms with Crippen molar-refractivity contribution in [3.8, 4) is 17.7 Å². The number of anilines is 1. The Bertz CT molecular complexity index is 816. The second kappa shape index (κ2) is 4.90. The van der Waals surface area contributed by atoms with Gasteiger partial charge < -0.3 is 10.5 Å². The summed E-state index contributed by atoms with van der Waals surface area (Å²) < 4.78 is 5.78. The third-order valence-corrected chi connectivity index (χ3v) is 2.95. The number of hydrogen-bond acceptors (Lipinski definition) is 4. The maximum absolute atomic E-state index is 9.11. The largest absolute Gasteiger partial charge is 0.437 e. The maximum atomic E-state index is 9.11. The lowest BCUT2D eigenvalue weighted by atomic mass is 10.1. The number of rotatable bonds is 2. The molecule has 0 spiro atoms. The first-order valence-corrected chi connectivity index (χ1v) is 6.09. The van der Waals surface area contributed by atoms with E-state index in [1.54, 1.807) is 6.07 Å². The Labute approximate surface area is 116 Å². The minimum absolute atomic E-state index is 0.262. The van der Waals surface area contributed by atoms with Gasteiger partial charge >= 0.3 is 0 Å². The van der Waals surface area contributed by atoms with Crippen LogP contribution in [0.3, 0.4) is 0 Å². The van der Waals surface area contributed by atoms with Crippen LogP contribution in [0, 0.1) is 11.3 Å². The first-order chi connectivity index (χ1) is 9.78. The zero-order chi connectivity index (χ0) is 13.9. The number of nitriles is 1. The number of aromatic nitrogens is 1. The molecule has 1 aromatic heterocycles. The van der Waals surface area contributed by atoms with Crippen LogP contribution >= 0.6 is 0 Å². The van der Waals surface area contributed by atoms with Crippen LogP contribution in [0.25, 0.3) is 10.8 Å². The number of fused-ring (bicyclic) bond motifs is 1. The molecule has 2 aromatic carbocycles. The van der Waals surface area contributed by atoms with Gasteiger partial charge in [0.05, 0.1) is 11.9 Å². The fourth-order valence-electron chi connectivity index (χ4n) is 2.02. The topological polar surface area (TPSA) is 71.9 Å². The van der Waals surface area contributed by atoms with E-state index >= 15 is 0 Å². The van der Waals surface area contributed by atoms with Crippen molar-refractivity contribution in [3.63, 3.8) is 0 Å². The van der Waals surface area contributed by atoms with Crippen LogP contribution in [-0.4, -0.2) is 4.98 Å². The van der Waals surface area contributed by atoms with Crippen LogP contribution in [0.2, 0.25) is 0 Å². The van der Waals surface area contributed by atoms with Crippen molar-refractivity contribution in [2.24, 2.45) is 0 Å². The third kappa shape index (κ3) is 2.13. The molecule has 4 nitrogen and oxygen atoms in total. The molecular weight excluding hydrogens is 250 g/mol. The first kappa shape index (κ1) is 12.0. The van der Waals surface area contributed by atoms with Crippen LogP contribution in [0.4, 0.5) is 5.69 Å². The Hall–Kier alpha value is -3.06. The Kier molecular flexibility index (Phi) is 2.94. The van der Waals surface area contributed by atoms with Crippen LogP contribution in [-0.2, 0) is 0 Å². The molecule has 3 aromatic rings. The van der Waals surface area contributed by atoms with Gasteiger partial charge in [0.15, 0.2) is 0 Å². The molecule has 0 saturated heterocycles. The maximum Gasteiger partial charge on any atom is 0.237 e. The Morgan fingerprint density at radius 1 is 1.10 bits per heavy atom. The van der Waals surface area contributed by atoms with E-state index < -0.39 is 0 Å². The predicted molar refractivity (Wildman–Crippen MR) is 77.4 cm³/mol. The molecule has 2 N–H and O–H groups in total. The quantitative estimate of drug-likeness (QED) is 0.766. The Balaban J connectivity index is 2.08. The SMILES string of the molecule is N#Cc1cc(N)cnc1Oc1cccc2ccccc12. The number of ether oxygens (including phenoxy) is 1. The molecule has 96 valence electrons. The highest BCUT2D eigenvalue weighted by molar-refractivity contribution is 5.88. The van der Waals surface area contributed by atoms with E-state index in [1.807, 2.05) is 48.5 Å². The van der Waals surface area contributed by atoms with Crippen LogP contribution in [0.15, 0.2) is 54.7 Å². The minimum atomic E-state index is 0.262. The average Bonchev–Trinajstić information content (AvgIpc) is 2.49. The van der Waals surface area contributed by atoms with Gasteiger partial charge in [-0.25, -0.2) is 4.98 Å². The highest BCUT2D eigenvalue weighted by Crippen LogP contribution is 2.30. The first-order valence-electron chi connectivity index (χ1n) is 6.09. The van der Waals surface area contributed by atoms with E-state index in [-0.39, 0.29) is 5.88 Å². The second-order valence-corrected chi connectivity index (χ2v) is 4.31. The molecule has 0 amide bonds. The molecular formula is C16H11N3O. The molecule has 0 aliphatic carbocycles. The van der Waals surface area contributed by atoms with Crippen molar-refractivity contribution in [2.45, 2.75) is 0 Å². The van der Waals surface area contributed by atoms with Gasteiger partial charge in [-0.2, -0.15) is 5.26 Å². The summed E-state index contributed by atoms with van der Waals surface area (Å²) in [7, 11) is 0. The number of hydrogen-bond donors (Lipinski definition) is 1. The molecule has 4 heteroatoms. The van der Waals surface area contributed by atoms with Crippen LogP contribution in [0.1, 0.15) is 5.56 Å². The summed E-state index contributed by atoms with van der Waals surface area (Å²) in [5.74, 6) is 0.926. The molecule has 0 fully saturated rings. The van der Waals surface area contributed by atoms with E-state index in [0.717, 1.165) is 10.8 Å². The van der Waals surface area contributed by atoms with Crippen molar-refractivity contribution in [1.29, 1.82) is 5.26 Å². The molecule has 0 saturated carbocycles. The Morgan fingerprint density at radius 2 is 1.90 bits per heavy atom. The standard InChI is InChI=1S/C16H11N3O/c17-9-12-8-13(18)10-19-16(12)20-15-7-3-5-11-4-1-2-6-14(11)15/h1-8,10H,18H2. The van der Waals surface area contributed by atoms with Crippen molar-refractivity contribution in [2.75, 3.05) is 5.73 Å². The predicted octanol–water partition coefficient (Wildman–Crippen LogP) is 3.48. The number of nitrogens with two attached hydrogens (primary N) is 1. The molecule has 0 radical (unpaired) electrons. The summed E-state index contributed by atoms with van der Waals surface area (Å²) >= 11 is 0. The lowest BCUT2D eigenvalue weighted by Crippen LogP contribution is -1.95. The fourth-order valence-corrected chi connectivity index (χ4v) is 2.02. The van der Waals surface area contributed by atoms with Gasteiger partial charge in [0, 0.05) is 5.39 Å². The highest BCUT2D eigenvalue weighted by Gasteiger charge is 2.09. The van der Waals surface area contributed by atoms with E-state index in [1.165, 1.54) is 6.20 Å². The molecule has 1 heterocycles. The summed E-state index contributed by atoms with van der Waals surface area (Å²) in [6.07, 6.45) is 1.47. The molecule has 0 bridgehead atoms. The van der Waals surface area contributed by atoms with Gasteiger partial charge in [0.1, 0.15) is 17.4 Å². The van der Waals surface area contributed by atoms with E-state index in [9.17, 15) is 0 Å².